The van der Waals surface area contributed by atoms with Gasteiger partial charge in [-0.2, -0.15) is 9.40 Å². The van der Waals surface area contributed by atoms with Gasteiger partial charge in [0.2, 0.25) is 10.0 Å². The van der Waals surface area contributed by atoms with Crippen LogP contribution in [0.25, 0.3) is 0 Å². The Kier molecular flexibility index (Phi) is 4.70. The third kappa shape index (κ3) is 3.16. The molecule has 1 fully saturated rings. The van der Waals surface area contributed by atoms with Crippen LogP contribution in [0.15, 0.2) is 21.8 Å². The molecule has 0 aromatic carbocycles. The Morgan fingerprint density at radius 3 is 2.46 bits per heavy atom. The van der Waals surface area contributed by atoms with E-state index >= 15 is 0 Å². The molecule has 26 heavy (non-hydrogen) atoms. The van der Waals surface area contributed by atoms with Gasteiger partial charge in [0.25, 0.3) is 5.56 Å². The van der Waals surface area contributed by atoms with E-state index in [-0.39, 0.29) is 23.1 Å². The normalized spacial score (nSPS) is 18.4. The molecule has 0 amide bonds. The Morgan fingerprint density at radius 1 is 1.19 bits per heavy atom. The van der Waals surface area contributed by atoms with Crippen LogP contribution in [0.5, 0.6) is 5.75 Å². The van der Waals surface area contributed by atoms with E-state index < -0.39 is 10.0 Å². The largest absolute Gasteiger partial charge is 0.489 e. The van der Waals surface area contributed by atoms with E-state index in [9.17, 15) is 13.2 Å². The molecular formula is C17H24N4O4S. The van der Waals surface area contributed by atoms with Crippen molar-refractivity contribution in [3.63, 3.8) is 0 Å². The van der Waals surface area contributed by atoms with E-state index in [1.54, 1.807) is 38.7 Å². The second kappa shape index (κ2) is 6.55. The van der Waals surface area contributed by atoms with E-state index in [0.717, 1.165) is 5.69 Å². The first kappa shape index (κ1) is 18.7. The smallest absolute Gasteiger partial charge is 0.254 e. The molecule has 0 radical (unpaired) electrons. The zero-order valence-electron chi connectivity index (χ0n) is 15.7. The fourth-order valence-electron chi connectivity index (χ4n) is 3.27. The highest BCUT2D eigenvalue weighted by atomic mass is 32.2. The van der Waals surface area contributed by atoms with Gasteiger partial charge < -0.3 is 9.30 Å². The van der Waals surface area contributed by atoms with Gasteiger partial charge in [-0.15, -0.1) is 0 Å². The first-order chi connectivity index (χ1) is 12.1. The Bertz CT molecular complexity index is 1010. The van der Waals surface area contributed by atoms with Crippen LogP contribution in [0.4, 0.5) is 0 Å². The van der Waals surface area contributed by atoms with Gasteiger partial charge in [0.05, 0.1) is 17.9 Å². The van der Waals surface area contributed by atoms with Gasteiger partial charge in [-0.05, 0) is 33.3 Å². The monoisotopic (exact) mass is 380 g/mol. The summed E-state index contributed by atoms with van der Waals surface area (Å²) in [7, 11) is -0.193. The van der Waals surface area contributed by atoms with Crippen molar-refractivity contribution in [3.05, 3.63) is 39.6 Å². The molecule has 0 aliphatic carbocycles. The summed E-state index contributed by atoms with van der Waals surface area (Å²) in [5.41, 5.74) is 1.76. The number of rotatable bonds is 4. The Balaban J connectivity index is 1.79. The summed E-state index contributed by atoms with van der Waals surface area (Å²) in [6.45, 7) is 5.91. The molecule has 0 spiro atoms. The molecule has 1 unspecified atom stereocenters. The van der Waals surface area contributed by atoms with Crippen molar-refractivity contribution in [1.82, 2.24) is 18.7 Å². The molecule has 1 aliphatic rings. The Labute approximate surface area is 153 Å². The SMILES string of the molecule is Cc1nn(C)c(C)c1S(=O)(=O)N1CCC(Oc2cc(C)n(C)c(=O)c2)C1. The number of aromatic nitrogens is 3. The molecule has 3 rings (SSSR count). The van der Waals surface area contributed by atoms with Gasteiger partial charge in [0.1, 0.15) is 16.7 Å². The number of sulfonamides is 1. The van der Waals surface area contributed by atoms with Crippen molar-refractivity contribution in [2.24, 2.45) is 14.1 Å². The Hall–Kier alpha value is -2.13. The van der Waals surface area contributed by atoms with E-state index in [1.165, 1.54) is 14.9 Å². The lowest BCUT2D eigenvalue weighted by Crippen LogP contribution is -2.32. The van der Waals surface area contributed by atoms with Crippen LogP contribution in [0, 0.1) is 20.8 Å². The van der Waals surface area contributed by atoms with Gasteiger partial charge in [-0.3, -0.25) is 9.48 Å². The molecule has 8 nitrogen and oxygen atoms in total. The molecule has 0 saturated carbocycles. The highest BCUT2D eigenvalue weighted by molar-refractivity contribution is 7.89. The van der Waals surface area contributed by atoms with Crippen LogP contribution < -0.4 is 10.3 Å². The van der Waals surface area contributed by atoms with Crippen molar-refractivity contribution in [2.75, 3.05) is 13.1 Å². The van der Waals surface area contributed by atoms with Crippen LogP contribution >= 0.6 is 0 Å². The Morgan fingerprint density at radius 2 is 1.88 bits per heavy atom. The fraction of sp³-hybridized carbons (Fsp3) is 0.529. The molecular weight excluding hydrogens is 356 g/mol. The summed E-state index contributed by atoms with van der Waals surface area (Å²) in [4.78, 5) is 12.2. The second-order valence-corrected chi connectivity index (χ2v) is 8.62. The maximum atomic E-state index is 13.0. The molecule has 1 atom stereocenters. The number of pyridine rings is 1. The summed E-state index contributed by atoms with van der Waals surface area (Å²) in [5, 5.41) is 4.21. The first-order valence-corrected chi connectivity index (χ1v) is 9.90. The lowest BCUT2D eigenvalue weighted by Gasteiger charge is -2.18. The molecule has 0 N–H and O–H groups in total. The predicted molar refractivity (Wildman–Crippen MR) is 96.9 cm³/mol. The predicted octanol–water partition coefficient (Wildman–Crippen LogP) is 0.886. The average Bonchev–Trinajstić information content (AvgIpc) is 3.10. The zero-order valence-corrected chi connectivity index (χ0v) is 16.5. The number of nitrogens with zero attached hydrogens (tertiary/aromatic N) is 4. The fourth-order valence-corrected chi connectivity index (χ4v) is 5.15. The minimum atomic E-state index is -3.62. The minimum absolute atomic E-state index is 0.149. The maximum absolute atomic E-state index is 13.0. The second-order valence-electron chi connectivity index (χ2n) is 6.74. The zero-order chi connectivity index (χ0) is 19.2. The summed E-state index contributed by atoms with van der Waals surface area (Å²) in [6.07, 6.45) is 0.292. The summed E-state index contributed by atoms with van der Waals surface area (Å²) < 4.78 is 36.4. The third-order valence-electron chi connectivity index (χ3n) is 4.93. The summed E-state index contributed by atoms with van der Waals surface area (Å²) in [6, 6.07) is 3.22. The molecule has 9 heteroatoms. The van der Waals surface area contributed by atoms with Crippen molar-refractivity contribution in [1.29, 1.82) is 0 Å². The number of hydrogen-bond acceptors (Lipinski definition) is 5. The van der Waals surface area contributed by atoms with Crippen LogP contribution in [0.1, 0.15) is 23.5 Å². The van der Waals surface area contributed by atoms with Crippen molar-refractivity contribution < 1.29 is 13.2 Å². The van der Waals surface area contributed by atoms with Crippen molar-refractivity contribution in [2.45, 2.75) is 38.2 Å². The lowest BCUT2D eigenvalue weighted by molar-refractivity contribution is 0.214. The molecule has 142 valence electrons. The summed E-state index contributed by atoms with van der Waals surface area (Å²) >= 11 is 0. The number of ether oxygens (including phenoxy) is 1. The highest BCUT2D eigenvalue weighted by Gasteiger charge is 2.36. The third-order valence-corrected chi connectivity index (χ3v) is 7.05. The molecule has 1 aliphatic heterocycles. The van der Waals surface area contributed by atoms with Gasteiger partial charge >= 0.3 is 0 Å². The number of hydrogen-bond donors (Lipinski definition) is 0. The first-order valence-electron chi connectivity index (χ1n) is 8.46. The molecule has 1 saturated heterocycles. The molecule has 3 heterocycles. The van der Waals surface area contributed by atoms with Crippen LogP contribution in [0.3, 0.4) is 0 Å². The van der Waals surface area contributed by atoms with Gasteiger partial charge in [-0.1, -0.05) is 0 Å². The van der Waals surface area contributed by atoms with Gasteiger partial charge in [0.15, 0.2) is 0 Å². The van der Waals surface area contributed by atoms with Crippen LogP contribution in [-0.4, -0.2) is 46.3 Å². The van der Waals surface area contributed by atoms with Crippen molar-refractivity contribution in [3.8, 4) is 5.75 Å². The standard InChI is InChI=1S/C17H24N4O4S/c1-11-8-15(9-16(22)19(11)4)25-14-6-7-21(10-14)26(23,24)17-12(2)18-20(5)13(17)3/h8-9,14H,6-7,10H2,1-5H3. The quantitative estimate of drug-likeness (QED) is 0.786. The summed E-state index contributed by atoms with van der Waals surface area (Å²) in [5.74, 6) is 0.476. The highest BCUT2D eigenvalue weighted by Crippen LogP contribution is 2.27. The van der Waals surface area contributed by atoms with Crippen LogP contribution in [-0.2, 0) is 24.1 Å². The van der Waals surface area contributed by atoms with Crippen molar-refractivity contribution >= 4 is 10.0 Å². The van der Waals surface area contributed by atoms with Gasteiger partial charge in [0, 0.05) is 32.4 Å². The van der Waals surface area contributed by atoms with E-state index in [4.69, 9.17) is 4.74 Å². The lowest BCUT2D eigenvalue weighted by atomic mass is 10.3. The molecule has 2 aromatic rings. The van der Waals surface area contributed by atoms with Gasteiger partial charge in [-0.25, -0.2) is 8.42 Å². The number of aryl methyl sites for hydroxylation is 3. The van der Waals surface area contributed by atoms with E-state index in [0.29, 0.717) is 30.1 Å². The molecule has 2 aromatic heterocycles. The average molecular weight is 380 g/mol. The minimum Gasteiger partial charge on any atom is -0.489 e. The van der Waals surface area contributed by atoms with Crippen LogP contribution in [0.2, 0.25) is 0 Å². The maximum Gasteiger partial charge on any atom is 0.254 e. The van der Waals surface area contributed by atoms with E-state index in [2.05, 4.69) is 5.10 Å². The van der Waals surface area contributed by atoms with E-state index in [1.807, 2.05) is 6.92 Å². The molecule has 0 bridgehead atoms. The topological polar surface area (TPSA) is 86.4 Å².